The Morgan fingerprint density at radius 1 is 1.23 bits per heavy atom. The van der Waals surface area contributed by atoms with Crippen LogP contribution in [0.15, 0.2) is 48.5 Å². The molecule has 0 saturated heterocycles. The second-order valence-corrected chi connectivity index (χ2v) is 4.73. The number of rotatable bonds is 3. The smallest absolute Gasteiger partial charge is 0.411 e. The van der Waals surface area contributed by atoms with Crippen LogP contribution in [0, 0.1) is 0 Å². The van der Waals surface area contributed by atoms with Crippen LogP contribution in [0.25, 0.3) is 0 Å². The van der Waals surface area contributed by atoms with Gasteiger partial charge in [0.25, 0.3) is 5.91 Å². The molecule has 0 bridgehead atoms. The topological polar surface area (TPSA) is 76.7 Å². The number of carbonyl (C=O) groups excluding carboxylic acids is 2. The number of nitrogens with one attached hydrogen (secondary N) is 2. The highest BCUT2D eigenvalue weighted by Crippen LogP contribution is 2.30. The first kappa shape index (κ1) is 13.9. The van der Waals surface area contributed by atoms with Crippen molar-refractivity contribution in [2.24, 2.45) is 0 Å². The second-order valence-electron chi connectivity index (χ2n) is 4.73. The van der Waals surface area contributed by atoms with Gasteiger partial charge in [0.1, 0.15) is 12.4 Å². The lowest BCUT2D eigenvalue weighted by atomic mass is 10.2. The predicted molar refractivity (Wildman–Crippen MR) is 80.8 cm³/mol. The van der Waals surface area contributed by atoms with Crippen LogP contribution in [0.1, 0.15) is 5.56 Å². The minimum atomic E-state index is -0.563. The van der Waals surface area contributed by atoms with E-state index in [2.05, 4.69) is 10.6 Å². The van der Waals surface area contributed by atoms with Gasteiger partial charge in [-0.3, -0.25) is 10.1 Å². The van der Waals surface area contributed by atoms with E-state index in [1.54, 1.807) is 18.2 Å². The molecule has 0 aliphatic carbocycles. The van der Waals surface area contributed by atoms with E-state index in [0.29, 0.717) is 17.1 Å². The van der Waals surface area contributed by atoms with E-state index in [-0.39, 0.29) is 19.1 Å². The lowest BCUT2D eigenvalue weighted by Gasteiger charge is -2.18. The fourth-order valence-electron chi connectivity index (χ4n) is 2.04. The lowest BCUT2D eigenvalue weighted by molar-refractivity contribution is -0.118. The molecule has 1 aliphatic rings. The standard InChI is InChI=1S/C16H14N2O4/c19-15-10-21-14-7-6-12(8-13(14)18-15)17-16(20)22-9-11-4-2-1-3-5-11/h1-8H,9-10H2,(H,17,20)(H,18,19). The number of ether oxygens (including phenoxy) is 2. The Balaban J connectivity index is 1.60. The van der Waals surface area contributed by atoms with Crippen LogP contribution in [0.4, 0.5) is 16.2 Å². The number of hydrogen-bond donors (Lipinski definition) is 2. The van der Waals surface area contributed by atoms with Crippen molar-refractivity contribution in [1.82, 2.24) is 0 Å². The first-order valence-electron chi connectivity index (χ1n) is 6.75. The van der Waals surface area contributed by atoms with Crippen molar-refractivity contribution in [3.05, 3.63) is 54.1 Å². The van der Waals surface area contributed by atoms with Crippen molar-refractivity contribution in [3.63, 3.8) is 0 Å². The van der Waals surface area contributed by atoms with E-state index in [0.717, 1.165) is 5.56 Å². The lowest BCUT2D eigenvalue weighted by Crippen LogP contribution is -2.25. The molecule has 2 aromatic rings. The van der Waals surface area contributed by atoms with Gasteiger partial charge in [-0.1, -0.05) is 30.3 Å². The number of hydrogen-bond acceptors (Lipinski definition) is 4. The van der Waals surface area contributed by atoms with Gasteiger partial charge in [0.05, 0.1) is 5.69 Å². The van der Waals surface area contributed by atoms with Gasteiger partial charge in [0, 0.05) is 5.69 Å². The van der Waals surface area contributed by atoms with Crippen molar-refractivity contribution < 1.29 is 19.1 Å². The van der Waals surface area contributed by atoms with E-state index in [4.69, 9.17) is 9.47 Å². The minimum Gasteiger partial charge on any atom is -0.482 e. The van der Waals surface area contributed by atoms with Crippen molar-refractivity contribution in [3.8, 4) is 5.75 Å². The molecule has 1 aliphatic heterocycles. The molecule has 22 heavy (non-hydrogen) atoms. The van der Waals surface area contributed by atoms with Crippen LogP contribution >= 0.6 is 0 Å². The van der Waals surface area contributed by atoms with Crippen molar-refractivity contribution >= 4 is 23.4 Å². The summed E-state index contributed by atoms with van der Waals surface area (Å²) in [6.45, 7) is 0.191. The molecule has 112 valence electrons. The van der Waals surface area contributed by atoms with Crippen LogP contribution in [0.5, 0.6) is 5.75 Å². The Hall–Kier alpha value is -3.02. The zero-order valence-corrected chi connectivity index (χ0v) is 11.7. The molecule has 2 N–H and O–H groups in total. The molecule has 6 heteroatoms. The first-order chi connectivity index (χ1) is 10.7. The third-order valence-corrected chi connectivity index (χ3v) is 3.07. The van der Waals surface area contributed by atoms with Crippen LogP contribution < -0.4 is 15.4 Å². The molecular formula is C16H14N2O4. The Morgan fingerprint density at radius 3 is 2.86 bits per heavy atom. The maximum Gasteiger partial charge on any atom is 0.411 e. The highest BCUT2D eigenvalue weighted by atomic mass is 16.5. The van der Waals surface area contributed by atoms with E-state index in [1.165, 1.54) is 0 Å². The van der Waals surface area contributed by atoms with E-state index >= 15 is 0 Å². The molecular weight excluding hydrogens is 284 g/mol. The number of amides is 2. The zero-order chi connectivity index (χ0) is 15.4. The van der Waals surface area contributed by atoms with Gasteiger partial charge in [-0.2, -0.15) is 0 Å². The zero-order valence-electron chi connectivity index (χ0n) is 11.7. The van der Waals surface area contributed by atoms with E-state index < -0.39 is 6.09 Å². The van der Waals surface area contributed by atoms with Crippen molar-refractivity contribution in [2.45, 2.75) is 6.61 Å². The molecule has 0 radical (unpaired) electrons. The predicted octanol–water partition coefficient (Wildman–Crippen LogP) is 2.77. The Morgan fingerprint density at radius 2 is 2.05 bits per heavy atom. The average Bonchev–Trinajstić information content (AvgIpc) is 2.53. The molecule has 3 rings (SSSR count). The van der Waals surface area contributed by atoms with Crippen molar-refractivity contribution in [2.75, 3.05) is 17.2 Å². The summed E-state index contributed by atoms with van der Waals surface area (Å²) in [6, 6.07) is 14.4. The summed E-state index contributed by atoms with van der Waals surface area (Å²) in [5.74, 6) is 0.346. The molecule has 0 atom stereocenters. The van der Waals surface area contributed by atoms with Gasteiger partial charge < -0.3 is 14.8 Å². The average molecular weight is 298 g/mol. The van der Waals surface area contributed by atoms with E-state index in [9.17, 15) is 9.59 Å². The summed E-state index contributed by atoms with van der Waals surface area (Å²) in [5.41, 5.74) is 1.95. The Labute approximate surface area is 127 Å². The summed E-state index contributed by atoms with van der Waals surface area (Å²) in [7, 11) is 0. The molecule has 2 aromatic carbocycles. The largest absolute Gasteiger partial charge is 0.482 e. The highest BCUT2D eigenvalue weighted by molar-refractivity contribution is 5.96. The number of anilines is 2. The van der Waals surface area contributed by atoms with Gasteiger partial charge in [0.2, 0.25) is 0 Å². The quantitative estimate of drug-likeness (QED) is 0.913. The molecule has 0 fully saturated rings. The monoisotopic (exact) mass is 298 g/mol. The van der Waals surface area contributed by atoms with E-state index in [1.807, 2.05) is 30.3 Å². The maximum absolute atomic E-state index is 11.8. The van der Waals surface area contributed by atoms with Gasteiger partial charge in [-0.15, -0.1) is 0 Å². The summed E-state index contributed by atoms with van der Waals surface area (Å²) in [5, 5.41) is 5.28. The Kier molecular flexibility index (Phi) is 3.91. The SMILES string of the molecule is O=C1COc2ccc(NC(=O)OCc3ccccc3)cc2N1. The first-order valence-corrected chi connectivity index (χ1v) is 6.75. The van der Waals surface area contributed by atoms with Crippen molar-refractivity contribution in [1.29, 1.82) is 0 Å². The number of fused-ring (bicyclic) bond motifs is 1. The third-order valence-electron chi connectivity index (χ3n) is 3.07. The molecule has 0 unspecified atom stereocenters. The maximum atomic E-state index is 11.8. The fraction of sp³-hybridized carbons (Fsp3) is 0.125. The Bertz CT molecular complexity index is 701. The van der Waals surface area contributed by atoms with Crippen LogP contribution in [0.2, 0.25) is 0 Å². The highest BCUT2D eigenvalue weighted by Gasteiger charge is 2.16. The van der Waals surface area contributed by atoms with Crippen LogP contribution in [-0.4, -0.2) is 18.6 Å². The number of carbonyl (C=O) groups is 2. The second kappa shape index (κ2) is 6.17. The molecule has 6 nitrogen and oxygen atoms in total. The minimum absolute atomic E-state index is 0.00110. The normalized spacial score (nSPS) is 12.6. The molecule has 0 spiro atoms. The molecule has 0 aromatic heterocycles. The summed E-state index contributed by atoms with van der Waals surface area (Å²) in [4.78, 5) is 23.0. The van der Waals surface area contributed by atoms with Crippen LogP contribution in [-0.2, 0) is 16.1 Å². The molecule has 2 amide bonds. The summed E-state index contributed by atoms with van der Waals surface area (Å²) >= 11 is 0. The fourth-order valence-corrected chi connectivity index (χ4v) is 2.04. The molecule has 0 saturated carbocycles. The number of benzene rings is 2. The third kappa shape index (κ3) is 3.35. The van der Waals surface area contributed by atoms with Crippen LogP contribution in [0.3, 0.4) is 0 Å². The van der Waals surface area contributed by atoms with Gasteiger partial charge in [-0.25, -0.2) is 4.79 Å². The summed E-state index contributed by atoms with van der Waals surface area (Å²) < 4.78 is 10.4. The molecule has 1 heterocycles. The van der Waals surface area contributed by atoms with Gasteiger partial charge in [0.15, 0.2) is 6.61 Å². The van der Waals surface area contributed by atoms with Gasteiger partial charge in [-0.05, 0) is 23.8 Å². The summed E-state index contributed by atoms with van der Waals surface area (Å²) in [6.07, 6.45) is -0.563. The van der Waals surface area contributed by atoms with Gasteiger partial charge >= 0.3 is 6.09 Å².